The van der Waals surface area contributed by atoms with Crippen LogP contribution in [0.4, 0.5) is 28.4 Å². The summed E-state index contributed by atoms with van der Waals surface area (Å²) in [4.78, 5) is 4.98. The molecule has 3 aliphatic carbocycles. The minimum Gasteiger partial charge on any atom is -0.310 e. The van der Waals surface area contributed by atoms with Gasteiger partial charge in [0, 0.05) is 40.2 Å². The van der Waals surface area contributed by atoms with Crippen LogP contribution in [0, 0.1) is 12.3 Å². The molecule has 11 rings (SSSR count). The summed E-state index contributed by atoms with van der Waals surface area (Å²) >= 11 is 0. The fourth-order valence-corrected chi connectivity index (χ4v) is 11.1. The van der Waals surface area contributed by atoms with Gasteiger partial charge in [0.1, 0.15) is 0 Å². The minimum absolute atomic E-state index is 0.170. The van der Waals surface area contributed by atoms with Gasteiger partial charge in [0.05, 0.1) is 16.8 Å². The minimum atomic E-state index is -0.604. The number of para-hydroxylation sites is 2. The zero-order valence-electron chi connectivity index (χ0n) is 33.9. The first kappa shape index (κ1) is 36.0. The highest BCUT2D eigenvalue weighted by Gasteiger charge is 2.49. The Labute approximate surface area is 354 Å². The van der Waals surface area contributed by atoms with E-state index in [1.165, 1.54) is 61.5 Å². The van der Waals surface area contributed by atoms with Gasteiger partial charge in [-0.2, -0.15) is 0 Å². The predicted octanol–water partition coefficient (Wildman–Crippen LogP) is 14.8. The normalized spacial score (nSPS) is 22.3. The number of fused-ring (bicyclic) bond motifs is 5. The Hall–Kier alpha value is -7.08. The molecule has 3 unspecified atom stereocenters. The number of hydrogen-bond donors (Lipinski definition) is 0. The van der Waals surface area contributed by atoms with Crippen LogP contribution in [0.1, 0.15) is 72.3 Å². The van der Waals surface area contributed by atoms with Crippen molar-refractivity contribution in [2.75, 3.05) is 9.80 Å². The van der Waals surface area contributed by atoms with Crippen LogP contribution < -0.4 is 9.80 Å². The van der Waals surface area contributed by atoms with E-state index in [0.717, 1.165) is 54.0 Å². The van der Waals surface area contributed by atoms with Crippen LogP contribution in [0.2, 0.25) is 0 Å². The zero-order chi connectivity index (χ0) is 40.2. The monoisotopic (exact) mass is 770 g/mol. The molecule has 6 aromatic rings. The van der Waals surface area contributed by atoms with Crippen LogP contribution in [0.15, 0.2) is 217 Å². The van der Waals surface area contributed by atoms with E-state index in [4.69, 9.17) is 6.42 Å². The number of nitrogens with zero attached hydrogens (tertiary/aromatic N) is 2. The predicted molar refractivity (Wildman–Crippen MR) is 251 cm³/mol. The second-order valence-electron chi connectivity index (χ2n) is 16.4. The molecule has 6 aromatic carbocycles. The molecule has 0 saturated carbocycles. The molecule has 288 valence electrons. The fourth-order valence-electron chi connectivity index (χ4n) is 11.1. The molecular formula is C58H46N2. The summed E-state index contributed by atoms with van der Waals surface area (Å²) in [6, 6.07) is 54.2. The Kier molecular flexibility index (Phi) is 8.79. The maximum atomic E-state index is 6.34. The molecular weight excluding hydrogens is 725 g/mol. The van der Waals surface area contributed by atoms with Gasteiger partial charge in [0.15, 0.2) is 0 Å². The van der Waals surface area contributed by atoms with E-state index in [9.17, 15) is 0 Å². The summed E-state index contributed by atoms with van der Waals surface area (Å²) in [5.74, 6) is 3.37. The molecule has 2 nitrogen and oxygen atoms in total. The summed E-state index contributed by atoms with van der Waals surface area (Å²) in [7, 11) is 0. The molecule has 3 atom stereocenters. The van der Waals surface area contributed by atoms with Gasteiger partial charge in [0.2, 0.25) is 0 Å². The topological polar surface area (TPSA) is 6.48 Å². The number of hydrogen-bond acceptors (Lipinski definition) is 2. The second-order valence-corrected chi connectivity index (χ2v) is 16.4. The van der Waals surface area contributed by atoms with Crippen molar-refractivity contribution in [1.82, 2.24) is 0 Å². The Morgan fingerprint density at radius 2 is 1.27 bits per heavy atom. The molecule has 2 heterocycles. The van der Waals surface area contributed by atoms with Gasteiger partial charge in [-0.15, -0.1) is 6.42 Å². The third-order valence-corrected chi connectivity index (χ3v) is 13.4. The van der Waals surface area contributed by atoms with Crippen LogP contribution in [0.3, 0.4) is 0 Å². The Bertz CT molecular complexity index is 2930. The van der Waals surface area contributed by atoms with Crippen LogP contribution in [-0.4, -0.2) is 0 Å². The van der Waals surface area contributed by atoms with Crippen molar-refractivity contribution in [1.29, 1.82) is 0 Å². The molecule has 2 aliphatic heterocycles. The summed E-state index contributed by atoms with van der Waals surface area (Å²) in [6.07, 6.45) is 29.1. The average Bonchev–Trinajstić information content (AvgIpc) is 3.58. The van der Waals surface area contributed by atoms with E-state index in [1.807, 2.05) is 6.08 Å². The summed E-state index contributed by atoms with van der Waals surface area (Å²) in [5.41, 5.74) is 19.3. The molecule has 0 radical (unpaired) electrons. The zero-order valence-corrected chi connectivity index (χ0v) is 33.9. The van der Waals surface area contributed by atoms with Gasteiger partial charge in [0.25, 0.3) is 0 Å². The molecule has 5 aliphatic rings. The van der Waals surface area contributed by atoms with Crippen LogP contribution in [-0.2, 0) is 5.41 Å². The van der Waals surface area contributed by atoms with Crippen molar-refractivity contribution in [3.05, 3.63) is 244 Å². The van der Waals surface area contributed by atoms with Crippen molar-refractivity contribution in [2.45, 2.75) is 49.9 Å². The van der Waals surface area contributed by atoms with Gasteiger partial charge in [-0.1, -0.05) is 158 Å². The first-order valence-electron chi connectivity index (χ1n) is 21.5. The van der Waals surface area contributed by atoms with Gasteiger partial charge < -0.3 is 9.80 Å². The van der Waals surface area contributed by atoms with E-state index in [0.29, 0.717) is 0 Å². The lowest BCUT2D eigenvalue weighted by Crippen LogP contribution is -2.42. The second kappa shape index (κ2) is 14.6. The Balaban J connectivity index is 1.15. The van der Waals surface area contributed by atoms with Gasteiger partial charge in [-0.05, 0) is 125 Å². The standard InChI is InChI=1S/C58H46N2/c1-3-22-49-51(4-2)59(53-37-19-17-35-50(53)58(49,41-25-10-6-11-26-41)42-27-12-7-13-28-42)43-29-20-30-44(39-43)60-52-36-18-16-33-48(52)55(40-23-8-5-9-24-40)57-47-32-15-14-31-45(47)46-34-21-38-54(60)56(46)57/h1,4,6,8,10-12,14-39,55,57H,5,7,9,13H2,2H3/b49-22?,51-4+. The molecule has 0 bridgehead atoms. The lowest BCUT2D eigenvalue weighted by molar-refractivity contribution is 0.696. The summed E-state index contributed by atoms with van der Waals surface area (Å²) < 4.78 is 0. The highest BCUT2D eigenvalue weighted by Crippen LogP contribution is 2.62. The van der Waals surface area contributed by atoms with E-state index < -0.39 is 5.41 Å². The molecule has 0 amide bonds. The van der Waals surface area contributed by atoms with Crippen molar-refractivity contribution in [3.8, 4) is 23.5 Å². The highest BCUT2D eigenvalue weighted by atomic mass is 15.2. The Morgan fingerprint density at radius 1 is 0.600 bits per heavy atom. The number of benzene rings is 6. The van der Waals surface area contributed by atoms with Gasteiger partial charge in [-0.25, -0.2) is 0 Å². The summed E-state index contributed by atoms with van der Waals surface area (Å²) in [6.45, 7) is 2.15. The lowest BCUT2D eigenvalue weighted by Gasteiger charge is -2.49. The number of terminal acetylenes is 1. The largest absolute Gasteiger partial charge is 0.310 e. The molecule has 0 fully saturated rings. The average molecular weight is 771 g/mol. The number of rotatable bonds is 5. The van der Waals surface area contributed by atoms with Crippen molar-refractivity contribution in [2.24, 2.45) is 0 Å². The maximum Gasteiger partial charge on any atom is 0.0745 e. The van der Waals surface area contributed by atoms with E-state index in [2.05, 4.69) is 211 Å². The molecule has 2 heteroatoms. The van der Waals surface area contributed by atoms with Crippen molar-refractivity contribution >= 4 is 28.4 Å². The van der Waals surface area contributed by atoms with Gasteiger partial charge >= 0.3 is 0 Å². The molecule has 0 N–H and O–H groups in total. The molecule has 0 spiro atoms. The number of anilines is 5. The van der Waals surface area contributed by atoms with Crippen molar-refractivity contribution < 1.29 is 0 Å². The van der Waals surface area contributed by atoms with E-state index >= 15 is 0 Å². The molecule has 60 heavy (non-hydrogen) atoms. The first-order valence-corrected chi connectivity index (χ1v) is 21.5. The third kappa shape index (κ3) is 5.29. The first-order chi connectivity index (χ1) is 29.7. The van der Waals surface area contributed by atoms with Crippen LogP contribution in [0.5, 0.6) is 0 Å². The summed E-state index contributed by atoms with van der Waals surface area (Å²) in [5, 5.41) is 0. The van der Waals surface area contributed by atoms with Crippen LogP contribution >= 0.6 is 0 Å². The third-order valence-electron chi connectivity index (χ3n) is 13.4. The fraction of sp³-hybridized carbons (Fsp3) is 0.138. The maximum absolute atomic E-state index is 6.34. The van der Waals surface area contributed by atoms with E-state index in [-0.39, 0.29) is 11.8 Å². The number of allylic oxidation sites excluding steroid dienone is 11. The highest BCUT2D eigenvalue weighted by molar-refractivity contribution is 5.94. The quantitative estimate of drug-likeness (QED) is 0.161. The Morgan fingerprint density at radius 3 is 2.03 bits per heavy atom. The van der Waals surface area contributed by atoms with Crippen molar-refractivity contribution in [3.63, 3.8) is 0 Å². The SMILES string of the molecule is C#CC=C1/C(=C\C)N(c2cccc(N3c4ccccc4C(C4=CCCC=C4)C4c5ccccc5-c5cccc3c54)c2)c2ccccc2C1(C1=CCCC=C1)c1ccccc1. The smallest absolute Gasteiger partial charge is 0.0745 e. The lowest BCUT2D eigenvalue weighted by atomic mass is 9.60. The van der Waals surface area contributed by atoms with Crippen LogP contribution in [0.25, 0.3) is 11.1 Å². The van der Waals surface area contributed by atoms with E-state index in [1.54, 1.807) is 0 Å². The molecule has 0 saturated heterocycles. The molecule has 0 aromatic heterocycles. The van der Waals surface area contributed by atoms with Gasteiger partial charge in [-0.3, -0.25) is 0 Å².